The highest BCUT2D eigenvalue weighted by Gasteiger charge is 2.38. The minimum atomic E-state index is -3.43. The van der Waals surface area contributed by atoms with Crippen molar-refractivity contribution >= 4 is 10.0 Å². The topological polar surface area (TPSA) is 73.2 Å². The van der Waals surface area contributed by atoms with E-state index < -0.39 is 15.6 Å². The fourth-order valence-electron chi connectivity index (χ4n) is 2.51. The largest absolute Gasteiger partial charge is 0.314 e. The lowest BCUT2D eigenvalue weighted by Crippen LogP contribution is -2.59. The van der Waals surface area contributed by atoms with E-state index in [4.69, 9.17) is 5.26 Å². The number of benzene rings is 1. The Labute approximate surface area is 120 Å². The lowest BCUT2D eigenvalue weighted by molar-refractivity contribution is 0.185. The minimum absolute atomic E-state index is 0.125. The fraction of sp³-hybridized carbons (Fsp3) is 0.500. The van der Waals surface area contributed by atoms with Crippen LogP contribution in [0.15, 0.2) is 24.3 Å². The van der Waals surface area contributed by atoms with Crippen LogP contribution < -0.4 is 5.32 Å². The van der Waals surface area contributed by atoms with Gasteiger partial charge < -0.3 is 5.32 Å². The van der Waals surface area contributed by atoms with Crippen LogP contribution >= 0.6 is 0 Å². The van der Waals surface area contributed by atoms with Crippen molar-refractivity contribution in [3.05, 3.63) is 35.4 Å². The van der Waals surface area contributed by atoms with Crippen molar-refractivity contribution < 1.29 is 8.42 Å². The Morgan fingerprint density at radius 3 is 2.75 bits per heavy atom. The molecule has 0 aromatic heterocycles. The zero-order chi connectivity index (χ0) is 14.8. The van der Waals surface area contributed by atoms with Crippen LogP contribution in [-0.2, 0) is 15.8 Å². The molecule has 1 fully saturated rings. The molecule has 6 heteroatoms. The highest BCUT2D eigenvalue weighted by atomic mass is 32.2. The van der Waals surface area contributed by atoms with Crippen LogP contribution in [0.5, 0.6) is 0 Å². The predicted octanol–water partition coefficient (Wildman–Crippen LogP) is 1.07. The first-order valence-corrected chi connectivity index (χ1v) is 8.17. The summed E-state index contributed by atoms with van der Waals surface area (Å²) >= 11 is 0. The number of nitrogens with zero attached hydrogens (tertiary/aromatic N) is 2. The van der Waals surface area contributed by atoms with Gasteiger partial charge in [0.25, 0.3) is 0 Å². The van der Waals surface area contributed by atoms with Crippen molar-refractivity contribution in [1.29, 1.82) is 5.26 Å². The van der Waals surface area contributed by atoms with Gasteiger partial charge in [0, 0.05) is 25.2 Å². The summed E-state index contributed by atoms with van der Waals surface area (Å²) in [7, 11) is -3.43. The first-order chi connectivity index (χ1) is 9.37. The maximum Gasteiger partial charge on any atom is 0.218 e. The summed E-state index contributed by atoms with van der Waals surface area (Å²) in [4.78, 5) is 0. The van der Waals surface area contributed by atoms with Crippen molar-refractivity contribution in [2.75, 3.05) is 19.6 Å². The molecule has 0 unspecified atom stereocenters. The Kier molecular flexibility index (Phi) is 4.14. The van der Waals surface area contributed by atoms with Crippen LogP contribution in [0.2, 0.25) is 0 Å². The summed E-state index contributed by atoms with van der Waals surface area (Å²) in [6, 6.07) is 8.89. The minimum Gasteiger partial charge on any atom is -0.314 e. The molecule has 108 valence electrons. The van der Waals surface area contributed by atoms with E-state index in [1.54, 1.807) is 28.6 Å². The molecule has 1 aromatic carbocycles. The summed E-state index contributed by atoms with van der Waals surface area (Å²) in [6.07, 6.45) is 0. The highest BCUT2D eigenvalue weighted by Crippen LogP contribution is 2.24. The van der Waals surface area contributed by atoms with Gasteiger partial charge >= 0.3 is 0 Å². The number of sulfonamides is 1. The molecule has 0 radical (unpaired) electrons. The van der Waals surface area contributed by atoms with E-state index in [1.807, 2.05) is 19.9 Å². The molecule has 0 atom stereocenters. The second-order valence-electron chi connectivity index (χ2n) is 5.59. The van der Waals surface area contributed by atoms with Crippen molar-refractivity contribution in [3.63, 3.8) is 0 Å². The first kappa shape index (κ1) is 15.0. The van der Waals surface area contributed by atoms with Gasteiger partial charge in [-0.3, -0.25) is 0 Å². The van der Waals surface area contributed by atoms with Crippen molar-refractivity contribution in [2.45, 2.75) is 25.1 Å². The van der Waals surface area contributed by atoms with Crippen LogP contribution in [0.25, 0.3) is 0 Å². The van der Waals surface area contributed by atoms with Crippen molar-refractivity contribution in [3.8, 4) is 6.07 Å². The summed E-state index contributed by atoms with van der Waals surface area (Å²) in [5.74, 6) is -0.125. The van der Waals surface area contributed by atoms with Gasteiger partial charge in [0.15, 0.2) is 0 Å². The monoisotopic (exact) mass is 293 g/mol. The summed E-state index contributed by atoms with van der Waals surface area (Å²) in [5, 5.41) is 12.3. The van der Waals surface area contributed by atoms with E-state index in [-0.39, 0.29) is 5.75 Å². The fourth-order valence-corrected chi connectivity index (χ4v) is 4.50. The molecule has 20 heavy (non-hydrogen) atoms. The van der Waals surface area contributed by atoms with Gasteiger partial charge in [-0.15, -0.1) is 0 Å². The molecular weight excluding hydrogens is 274 g/mol. The van der Waals surface area contributed by atoms with Gasteiger partial charge in [0.05, 0.1) is 17.4 Å². The number of hydrogen-bond acceptors (Lipinski definition) is 4. The molecule has 1 N–H and O–H groups in total. The molecule has 0 saturated carbocycles. The molecule has 1 aliphatic rings. The Balaban J connectivity index is 2.30. The summed E-state index contributed by atoms with van der Waals surface area (Å²) < 4.78 is 26.8. The predicted molar refractivity (Wildman–Crippen MR) is 77.4 cm³/mol. The molecule has 0 aliphatic carbocycles. The van der Waals surface area contributed by atoms with Gasteiger partial charge in [-0.1, -0.05) is 18.2 Å². The second-order valence-corrected chi connectivity index (χ2v) is 7.48. The lowest BCUT2D eigenvalue weighted by Gasteiger charge is -2.41. The Hall–Kier alpha value is -1.42. The van der Waals surface area contributed by atoms with Crippen LogP contribution in [0.3, 0.4) is 0 Å². The quantitative estimate of drug-likeness (QED) is 0.905. The van der Waals surface area contributed by atoms with Crippen LogP contribution in [0.1, 0.15) is 25.0 Å². The normalized spacial score (nSPS) is 19.4. The maximum atomic E-state index is 12.6. The average molecular weight is 293 g/mol. The Bertz CT molecular complexity index is 632. The zero-order valence-corrected chi connectivity index (χ0v) is 12.6. The number of nitrogens with one attached hydrogen (secondary N) is 1. The van der Waals surface area contributed by atoms with E-state index in [0.29, 0.717) is 30.8 Å². The molecular formula is C14H19N3O2S. The summed E-state index contributed by atoms with van der Waals surface area (Å²) in [5.41, 5.74) is 0.534. The van der Waals surface area contributed by atoms with Gasteiger partial charge in [-0.2, -0.15) is 9.57 Å². The first-order valence-electron chi connectivity index (χ1n) is 6.56. The van der Waals surface area contributed by atoms with E-state index in [0.717, 1.165) is 0 Å². The SMILES string of the molecule is CC1(C)CNCCN1S(=O)(=O)Cc1ccccc1C#N. The number of piperazine rings is 1. The van der Waals surface area contributed by atoms with Crippen molar-refractivity contribution in [2.24, 2.45) is 0 Å². The van der Waals surface area contributed by atoms with Gasteiger partial charge in [-0.25, -0.2) is 8.42 Å². The lowest BCUT2D eigenvalue weighted by atomic mass is 10.0. The summed E-state index contributed by atoms with van der Waals surface area (Å²) in [6.45, 7) is 5.57. The highest BCUT2D eigenvalue weighted by molar-refractivity contribution is 7.88. The molecule has 1 aliphatic heterocycles. The van der Waals surface area contributed by atoms with Gasteiger partial charge in [-0.05, 0) is 25.5 Å². The van der Waals surface area contributed by atoms with Gasteiger partial charge in [0.1, 0.15) is 0 Å². The third kappa shape index (κ3) is 3.01. The molecule has 0 spiro atoms. The van der Waals surface area contributed by atoms with E-state index >= 15 is 0 Å². The van der Waals surface area contributed by atoms with E-state index in [9.17, 15) is 8.42 Å². The van der Waals surface area contributed by atoms with Crippen LogP contribution in [0, 0.1) is 11.3 Å². The second kappa shape index (κ2) is 5.52. The van der Waals surface area contributed by atoms with Crippen LogP contribution in [0.4, 0.5) is 0 Å². The number of rotatable bonds is 3. The molecule has 1 saturated heterocycles. The molecule has 0 amide bonds. The number of nitriles is 1. The standard InChI is InChI=1S/C14H19N3O2S/c1-14(2)11-16-7-8-17(14)20(18,19)10-13-6-4-3-5-12(13)9-15/h3-6,16H,7-8,10-11H2,1-2H3. The molecule has 0 bridgehead atoms. The Morgan fingerprint density at radius 2 is 2.10 bits per heavy atom. The zero-order valence-electron chi connectivity index (χ0n) is 11.8. The smallest absolute Gasteiger partial charge is 0.218 e. The average Bonchev–Trinajstić information content (AvgIpc) is 2.38. The third-order valence-corrected chi connectivity index (χ3v) is 5.56. The Morgan fingerprint density at radius 1 is 1.40 bits per heavy atom. The maximum absolute atomic E-state index is 12.6. The molecule has 1 aromatic rings. The molecule has 2 rings (SSSR count). The van der Waals surface area contributed by atoms with Gasteiger partial charge in [0.2, 0.25) is 10.0 Å². The van der Waals surface area contributed by atoms with Crippen LogP contribution in [-0.4, -0.2) is 37.9 Å². The number of hydrogen-bond donors (Lipinski definition) is 1. The molecule has 5 nitrogen and oxygen atoms in total. The van der Waals surface area contributed by atoms with Crippen molar-refractivity contribution in [1.82, 2.24) is 9.62 Å². The van der Waals surface area contributed by atoms with E-state index in [2.05, 4.69) is 5.32 Å². The van der Waals surface area contributed by atoms with E-state index in [1.165, 1.54) is 0 Å². The third-order valence-electron chi connectivity index (χ3n) is 3.54. The molecule has 1 heterocycles.